The Morgan fingerprint density at radius 3 is 2.44 bits per heavy atom. The summed E-state index contributed by atoms with van der Waals surface area (Å²) in [6.07, 6.45) is 1.69. The number of hydrogen-bond acceptors (Lipinski definition) is 6. The molecule has 136 valence electrons. The molecule has 0 aliphatic carbocycles. The van der Waals surface area contributed by atoms with E-state index in [9.17, 15) is 0 Å². The highest BCUT2D eigenvalue weighted by atomic mass is 15.1. The molecule has 3 rings (SSSR count). The van der Waals surface area contributed by atoms with Crippen molar-refractivity contribution in [1.29, 1.82) is 5.26 Å². The van der Waals surface area contributed by atoms with Crippen LogP contribution in [0.15, 0.2) is 60.8 Å². The average Bonchev–Trinajstić information content (AvgIpc) is 2.70. The van der Waals surface area contributed by atoms with Crippen LogP contribution in [-0.4, -0.2) is 23.1 Å². The molecular formula is C21H22N6. The van der Waals surface area contributed by atoms with Crippen molar-refractivity contribution >= 4 is 28.8 Å². The molecule has 2 aromatic carbocycles. The maximum absolute atomic E-state index is 9.00. The van der Waals surface area contributed by atoms with Gasteiger partial charge in [-0.15, -0.1) is 0 Å². The van der Waals surface area contributed by atoms with Gasteiger partial charge in [0.1, 0.15) is 5.82 Å². The minimum absolute atomic E-state index is 0.467. The second-order valence-electron chi connectivity index (χ2n) is 5.93. The van der Waals surface area contributed by atoms with Crippen molar-refractivity contribution in [2.24, 2.45) is 0 Å². The van der Waals surface area contributed by atoms with E-state index in [2.05, 4.69) is 57.6 Å². The van der Waals surface area contributed by atoms with E-state index in [1.807, 2.05) is 30.3 Å². The quantitative estimate of drug-likeness (QED) is 0.638. The van der Waals surface area contributed by atoms with E-state index < -0.39 is 0 Å². The number of nitrogens with zero attached hydrogens (tertiary/aromatic N) is 4. The fourth-order valence-corrected chi connectivity index (χ4v) is 2.78. The van der Waals surface area contributed by atoms with Gasteiger partial charge in [-0.25, -0.2) is 4.98 Å². The van der Waals surface area contributed by atoms with Gasteiger partial charge >= 0.3 is 0 Å². The van der Waals surface area contributed by atoms with Gasteiger partial charge < -0.3 is 15.5 Å². The Morgan fingerprint density at radius 2 is 1.74 bits per heavy atom. The molecule has 0 spiro atoms. The Labute approximate surface area is 159 Å². The van der Waals surface area contributed by atoms with Crippen molar-refractivity contribution in [3.63, 3.8) is 0 Å². The summed E-state index contributed by atoms with van der Waals surface area (Å²) in [4.78, 5) is 11.0. The lowest BCUT2D eigenvalue weighted by Gasteiger charge is -2.21. The van der Waals surface area contributed by atoms with Crippen LogP contribution in [0.5, 0.6) is 0 Å². The standard InChI is InChI=1S/C21H22N6/c1-3-27(4-2)19-10-8-17(9-11-19)24-20-12-13-23-21(26-20)25-18-7-5-6-16(14-18)15-22/h5-14H,3-4H2,1-2H3,(H2,23,24,25,26). The molecule has 3 aromatic rings. The summed E-state index contributed by atoms with van der Waals surface area (Å²) in [5, 5.41) is 15.4. The smallest absolute Gasteiger partial charge is 0.229 e. The first-order valence-electron chi connectivity index (χ1n) is 8.94. The molecule has 0 aliphatic rings. The van der Waals surface area contributed by atoms with Crippen LogP contribution in [0.25, 0.3) is 0 Å². The molecule has 6 nitrogen and oxygen atoms in total. The number of aromatic nitrogens is 2. The third-order valence-corrected chi connectivity index (χ3v) is 4.17. The predicted octanol–water partition coefficient (Wildman–Crippen LogP) is 4.68. The molecule has 0 amide bonds. The monoisotopic (exact) mass is 358 g/mol. The van der Waals surface area contributed by atoms with Gasteiger partial charge in [0, 0.05) is 36.3 Å². The molecule has 0 aliphatic heterocycles. The van der Waals surface area contributed by atoms with E-state index in [1.165, 1.54) is 5.69 Å². The van der Waals surface area contributed by atoms with Crippen LogP contribution in [-0.2, 0) is 0 Å². The van der Waals surface area contributed by atoms with Gasteiger partial charge in [-0.2, -0.15) is 10.2 Å². The number of anilines is 5. The first-order chi connectivity index (χ1) is 13.2. The van der Waals surface area contributed by atoms with Crippen LogP contribution < -0.4 is 15.5 Å². The van der Waals surface area contributed by atoms with Gasteiger partial charge in [0.2, 0.25) is 5.95 Å². The molecule has 27 heavy (non-hydrogen) atoms. The van der Waals surface area contributed by atoms with E-state index in [4.69, 9.17) is 5.26 Å². The number of rotatable bonds is 7. The van der Waals surface area contributed by atoms with Crippen molar-refractivity contribution in [2.75, 3.05) is 28.6 Å². The molecule has 0 radical (unpaired) electrons. The molecular weight excluding hydrogens is 336 g/mol. The minimum Gasteiger partial charge on any atom is -0.372 e. The third-order valence-electron chi connectivity index (χ3n) is 4.17. The lowest BCUT2D eigenvalue weighted by Crippen LogP contribution is -2.21. The zero-order chi connectivity index (χ0) is 19.1. The van der Waals surface area contributed by atoms with Gasteiger partial charge in [-0.1, -0.05) is 6.07 Å². The number of benzene rings is 2. The molecule has 0 fully saturated rings. The number of nitriles is 1. The number of nitrogens with one attached hydrogen (secondary N) is 2. The molecule has 1 aromatic heterocycles. The third kappa shape index (κ3) is 4.73. The van der Waals surface area contributed by atoms with Gasteiger partial charge in [0.05, 0.1) is 11.6 Å². The lowest BCUT2D eigenvalue weighted by atomic mass is 10.2. The van der Waals surface area contributed by atoms with Crippen molar-refractivity contribution in [3.05, 3.63) is 66.4 Å². The first-order valence-corrected chi connectivity index (χ1v) is 8.94. The Bertz CT molecular complexity index is 926. The fraction of sp³-hybridized carbons (Fsp3) is 0.190. The van der Waals surface area contributed by atoms with E-state index >= 15 is 0 Å². The lowest BCUT2D eigenvalue weighted by molar-refractivity contribution is 0.866. The van der Waals surface area contributed by atoms with Crippen LogP contribution in [0.1, 0.15) is 19.4 Å². The molecule has 0 atom stereocenters. The molecule has 6 heteroatoms. The summed E-state index contributed by atoms with van der Waals surface area (Å²) in [6.45, 7) is 6.27. The zero-order valence-corrected chi connectivity index (χ0v) is 15.5. The highest BCUT2D eigenvalue weighted by Gasteiger charge is 2.04. The molecule has 1 heterocycles. The van der Waals surface area contributed by atoms with Crippen LogP contribution in [0.4, 0.5) is 28.8 Å². The summed E-state index contributed by atoms with van der Waals surface area (Å²) in [7, 11) is 0. The second-order valence-corrected chi connectivity index (χ2v) is 5.93. The summed E-state index contributed by atoms with van der Waals surface area (Å²) in [5.41, 5.74) is 3.52. The van der Waals surface area contributed by atoms with Crippen LogP contribution in [0, 0.1) is 11.3 Å². The molecule has 0 saturated carbocycles. The highest BCUT2D eigenvalue weighted by molar-refractivity contribution is 5.62. The van der Waals surface area contributed by atoms with Crippen LogP contribution in [0.2, 0.25) is 0 Å². The largest absolute Gasteiger partial charge is 0.372 e. The van der Waals surface area contributed by atoms with Crippen LogP contribution >= 0.6 is 0 Å². The van der Waals surface area contributed by atoms with E-state index in [0.29, 0.717) is 17.3 Å². The Kier molecular flexibility index (Phi) is 5.85. The fourth-order valence-electron chi connectivity index (χ4n) is 2.78. The van der Waals surface area contributed by atoms with Crippen molar-refractivity contribution in [2.45, 2.75) is 13.8 Å². The van der Waals surface area contributed by atoms with Crippen molar-refractivity contribution < 1.29 is 0 Å². The van der Waals surface area contributed by atoms with E-state index in [-0.39, 0.29) is 0 Å². The first kappa shape index (κ1) is 18.2. The molecule has 0 saturated heterocycles. The highest BCUT2D eigenvalue weighted by Crippen LogP contribution is 2.21. The summed E-state index contributed by atoms with van der Waals surface area (Å²) in [5.74, 6) is 1.16. The van der Waals surface area contributed by atoms with Crippen molar-refractivity contribution in [1.82, 2.24) is 9.97 Å². The molecule has 2 N–H and O–H groups in total. The zero-order valence-electron chi connectivity index (χ0n) is 15.5. The topological polar surface area (TPSA) is 76.9 Å². The van der Waals surface area contributed by atoms with E-state index in [0.717, 1.165) is 24.5 Å². The summed E-state index contributed by atoms with van der Waals surface area (Å²) >= 11 is 0. The molecule has 0 unspecified atom stereocenters. The maximum atomic E-state index is 9.00. The van der Waals surface area contributed by atoms with Gasteiger partial charge in [-0.05, 0) is 62.4 Å². The molecule has 0 bridgehead atoms. The maximum Gasteiger partial charge on any atom is 0.229 e. The number of hydrogen-bond donors (Lipinski definition) is 2. The van der Waals surface area contributed by atoms with Crippen molar-refractivity contribution in [3.8, 4) is 6.07 Å². The summed E-state index contributed by atoms with van der Waals surface area (Å²) < 4.78 is 0. The van der Waals surface area contributed by atoms with Gasteiger partial charge in [0.15, 0.2) is 0 Å². The Balaban J connectivity index is 1.71. The summed E-state index contributed by atoms with van der Waals surface area (Å²) in [6, 6.07) is 19.4. The average molecular weight is 358 g/mol. The predicted molar refractivity (Wildman–Crippen MR) is 110 cm³/mol. The second kappa shape index (κ2) is 8.68. The minimum atomic E-state index is 0.467. The Morgan fingerprint density at radius 1 is 0.963 bits per heavy atom. The normalized spacial score (nSPS) is 10.1. The van der Waals surface area contributed by atoms with Gasteiger partial charge in [-0.3, -0.25) is 0 Å². The Hall–Kier alpha value is -3.59. The SMILES string of the molecule is CCN(CC)c1ccc(Nc2ccnc(Nc3cccc(C#N)c3)n2)cc1. The van der Waals surface area contributed by atoms with Crippen LogP contribution in [0.3, 0.4) is 0 Å². The van der Waals surface area contributed by atoms with E-state index in [1.54, 1.807) is 18.3 Å². The van der Waals surface area contributed by atoms with Gasteiger partial charge in [0.25, 0.3) is 0 Å².